The Bertz CT molecular complexity index is 684. The fourth-order valence-corrected chi connectivity index (χ4v) is 2.37. The molecule has 0 radical (unpaired) electrons. The van der Waals surface area contributed by atoms with Gasteiger partial charge in [-0.05, 0) is 25.6 Å². The van der Waals surface area contributed by atoms with E-state index < -0.39 is 0 Å². The van der Waals surface area contributed by atoms with E-state index in [4.69, 9.17) is 14.6 Å². The number of benzene rings is 1. The lowest BCUT2D eigenvalue weighted by molar-refractivity contribution is 0.0987. The SMILES string of the molecule is Cc1c2ccoc2c(C(=O)CCN)c2ccoc12. The minimum absolute atomic E-state index is 0.0103. The van der Waals surface area contributed by atoms with Crippen LogP contribution >= 0.6 is 0 Å². The molecule has 0 spiro atoms. The van der Waals surface area contributed by atoms with Crippen LogP contribution in [0.4, 0.5) is 0 Å². The molecule has 2 heterocycles. The molecule has 92 valence electrons. The summed E-state index contributed by atoms with van der Waals surface area (Å²) in [5, 5.41) is 1.71. The number of carbonyl (C=O) groups excluding carboxylic acids is 1. The van der Waals surface area contributed by atoms with E-state index in [2.05, 4.69) is 0 Å². The molecule has 2 N–H and O–H groups in total. The van der Waals surface area contributed by atoms with Crippen LogP contribution in [-0.4, -0.2) is 12.3 Å². The Balaban J connectivity index is 2.43. The van der Waals surface area contributed by atoms with Crippen LogP contribution < -0.4 is 5.73 Å². The molecule has 0 aliphatic rings. The average molecular weight is 243 g/mol. The Labute approximate surface area is 103 Å². The van der Waals surface area contributed by atoms with E-state index in [1.165, 1.54) is 0 Å². The first-order valence-corrected chi connectivity index (χ1v) is 5.84. The van der Waals surface area contributed by atoms with E-state index in [9.17, 15) is 4.79 Å². The molecule has 3 aromatic rings. The lowest BCUT2D eigenvalue weighted by atomic mass is 9.98. The van der Waals surface area contributed by atoms with Crippen molar-refractivity contribution in [3.63, 3.8) is 0 Å². The summed E-state index contributed by atoms with van der Waals surface area (Å²) < 4.78 is 10.9. The Hall–Kier alpha value is -2.07. The largest absolute Gasteiger partial charge is 0.464 e. The molecule has 4 nitrogen and oxygen atoms in total. The summed E-state index contributed by atoms with van der Waals surface area (Å²) >= 11 is 0. The Morgan fingerprint density at radius 2 is 1.83 bits per heavy atom. The van der Waals surface area contributed by atoms with Gasteiger partial charge in [-0.25, -0.2) is 0 Å². The first-order valence-electron chi connectivity index (χ1n) is 5.84. The highest BCUT2D eigenvalue weighted by Crippen LogP contribution is 2.34. The van der Waals surface area contributed by atoms with E-state index in [-0.39, 0.29) is 5.78 Å². The molecule has 0 saturated carbocycles. The van der Waals surface area contributed by atoms with Crippen molar-refractivity contribution in [3.8, 4) is 0 Å². The Morgan fingerprint density at radius 1 is 1.17 bits per heavy atom. The number of carbonyl (C=O) groups is 1. The molecule has 4 heteroatoms. The van der Waals surface area contributed by atoms with Crippen molar-refractivity contribution in [1.82, 2.24) is 0 Å². The molecule has 0 fully saturated rings. The molecule has 2 aromatic heterocycles. The molecule has 18 heavy (non-hydrogen) atoms. The highest BCUT2D eigenvalue weighted by Gasteiger charge is 2.20. The fraction of sp³-hybridized carbons (Fsp3) is 0.214. The van der Waals surface area contributed by atoms with Gasteiger partial charge in [0.2, 0.25) is 0 Å². The summed E-state index contributed by atoms with van der Waals surface area (Å²) in [7, 11) is 0. The molecule has 0 aliphatic carbocycles. The van der Waals surface area contributed by atoms with E-state index >= 15 is 0 Å². The number of Topliss-reactive ketones (excluding diaryl/α,β-unsaturated/α-hetero) is 1. The average Bonchev–Trinajstić information content (AvgIpc) is 2.97. The molecular weight excluding hydrogens is 230 g/mol. The zero-order valence-electron chi connectivity index (χ0n) is 10.0. The first-order chi connectivity index (χ1) is 8.74. The van der Waals surface area contributed by atoms with Gasteiger partial charge in [0.1, 0.15) is 11.2 Å². The van der Waals surface area contributed by atoms with Crippen LogP contribution in [0.1, 0.15) is 22.3 Å². The van der Waals surface area contributed by atoms with Gasteiger partial charge in [0, 0.05) is 22.8 Å². The summed E-state index contributed by atoms with van der Waals surface area (Å²) in [5.41, 5.74) is 8.39. The summed E-state index contributed by atoms with van der Waals surface area (Å²) in [5.74, 6) is -0.0103. The van der Waals surface area contributed by atoms with Crippen LogP contribution in [0.5, 0.6) is 0 Å². The van der Waals surface area contributed by atoms with Gasteiger partial charge < -0.3 is 14.6 Å². The second-order valence-electron chi connectivity index (χ2n) is 4.29. The van der Waals surface area contributed by atoms with Crippen molar-refractivity contribution >= 4 is 27.7 Å². The molecule has 0 aliphatic heterocycles. The maximum absolute atomic E-state index is 12.2. The molecule has 3 rings (SSSR count). The molecule has 1 aromatic carbocycles. The molecule has 0 amide bonds. The van der Waals surface area contributed by atoms with Gasteiger partial charge in [0.25, 0.3) is 0 Å². The summed E-state index contributed by atoms with van der Waals surface area (Å²) in [6.45, 7) is 2.29. The number of ketones is 1. The standard InChI is InChI=1S/C14H13NO3/c1-8-9-3-6-18-14(9)12(11(16)2-5-15)10-4-7-17-13(8)10/h3-4,6-7H,2,5,15H2,1H3. The minimum atomic E-state index is -0.0103. The zero-order chi connectivity index (χ0) is 12.7. The normalized spacial score (nSPS) is 11.4. The third-order valence-electron chi connectivity index (χ3n) is 3.22. The Morgan fingerprint density at radius 3 is 2.56 bits per heavy atom. The monoisotopic (exact) mass is 243 g/mol. The van der Waals surface area contributed by atoms with Crippen LogP contribution in [0, 0.1) is 6.92 Å². The number of furan rings is 2. The smallest absolute Gasteiger partial charge is 0.168 e. The Kier molecular flexibility index (Phi) is 2.45. The maximum Gasteiger partial charge on any atom is 0.168 e. The van der Waals surface area contributed by atoms with Crippen molar-refractivity contribution in [2.24, 2.45) is 5.73 Å². The lowest BCUT2D eigenvalue weighted by Gasteiger charge is -2.05. The summed E-state index contributed by atoms with van der Waals surface area (Å²) in [6.07, 6.45) is 3.49. The van der Waals surface area contributed by atoms with Gasteiger partial charge in [-0.3, -0.25) is 4.79 Å². The second-order valence-corrected chi connectivity index (χ2v) is 4.29. The predicted molar refractivity (Wildman–Crippen MR) is 68.7 cm³/mol. The number of aryl methyl sites for hydroxylation is 1. The number of nitrogens with two attached hydrogens (primary N) is 1. The van der Waals surface area contributed by atoms with Crippen LogP contribution in [0.2, 0.25) is 0 Å². The molecule has 0 bridgehead atoms. The van der Waals surface area contributed by atoms with Crippen LogP contribution in [0.3, 0.4) is 0 Å². The third kappa shape index (κ3) is 1.39. The number of hydrogen-bond acceptors (Lipinski definition) is 4. The second kappa shape index (κ2) is 3.99. The van der Waals surface area contributed by atoms with E-state index in [1.54, 1.807) is 18.6 Å². The van der Waals surface area contributed by atoms with E-state index in [0.29, 0.717) is 24.1 Å². The first kappa shape index (κ1) is 11.0. The highest BCUT2D eigenvalue weighted by molar-refractivity contribution is 6.17. The van der Waals surface area contributed by atoms with Crippen molar-refractivity contribution in [1.29, 1.82) is 0 Å². The van der Waals surface area contributed by atoms with Crippen molar-refractivity contribution in [3.05, 3.63) is 35.8 Å². The highest BCUT2D eigenvalue weighted by atomic mass is 16.3. The van der Waals surface area contributed by atoms with Gasteiger partial charge in [-0.2, -0.15) is 0 Å². The summed E-state index contributed by atoms with van der Waals surface area (Å²) in [4.78, 5) is 12.2. The van der Waals surface area contributed by atoms with Crippen molar-refractivity contribution in [2.75, 3.05) is 6.54 Å². The molecular formula is C14H13NO3. The number of rotatable bonds is 3. The topological polar surface area (TPSA) is 69.4 Å². The van der Waals surface area contributed by atoms with Gasteiger partial charge in [0.05, 0.1) is 18.1 Å². The zero-order valence-corrected chi connectivity index (χ0v) is 10.0. The van der Waals surface area contributed by atoms with Crippen LogP contribution in [0.15, 0.2) is 33.5 Å². The number of hydrogen-bond donors (Lipinski definition) is 1. The van der Waals surface area contributed by atoms with Crippen molar-refractivity contribution in [2.45, 2.75) is 13.3 Å². The third-order valence-corrected chi connectivity index (χ3v) is 3.22. The van der Waals surface area contributed by atoms with E-state index in [0.717, 1.165) is 21.9 Å². The van der Waals surface area contributed by atoms with Crippen LogP contribution in [-0.2, 0) is 0 Å². The predicted octanol–water partition coefficient (Wildman–Crippen LogP) is 3.02. The van der Waals surface area contributed by atoms with Gasteiger partial charge in [-0.1, -0.05) is 0 Å². The summed E-state index contributed by atoms with van der Waals surface area (Å²) in [6, 6.07) is 3.65. The van der Waals surface area contributed by atoms with Crippen molar-refractivity contribution < 1.29 is 13.6 Å². The van der Waals surface area contributed by atoms with Gasteiger partial charge >= 0.3 is 0 Å². The fourth-order valence-electron chi connectivity index (χ4n) is 2.37. The maximum atomic E-state index is 12.2. The van der Waals surface area contributed by atoms with Gasteiger partial charge in [-0.15, -0.1) is 0 Å². The van der Waals surface area contributed by atoms with Gasteiger partial charge in [0.15, 0.2) is 5.78 Å². The quantitative estimate of drug-likeness (QED) is 0.718. The number of fused-ring (bicyclic) bond motifs is 2. The minimum Gasteiger partial charge on any atom is -0.464 e. The molecule has 0 saturated heterocycles. The molecule has 0 unspecified atom stereocenters. The van der Waals surface area contributed by atoms with Crippen LogP contribution in [0.25, 0.3) is 21.9 Å². The lowest BCUT2D eigenvalue weighted by Crippen LogP contribution is -2.08. The molecule has 0 atom stereocenters. The van der Waals surface area contributed by atoms with E-state index in [1.807, 2.05) is 13.0 Å².